The van der Waals surface area contributed by atoms with Crippen LogP contribution in [0.4, 0.5) is 17.2 Å². The lowest BCUT2D eigenvalue weighted by molar-refractivity contribution is -0.127. The Morgan fingerprint density at radius 2 is 2.09 bits per heavy atom. The lowest BCUT2D eigenvalue weighted by Gasteiger charge is -2.30. The molecule has 1 fully saturated rings. The zero-order valence-electron chi connectivity index (χ0n) is 18.0. The van der Waals surface area contributed by atoms with Gasteiger partial charge in [0.1, 0.15) is 17.4 Å². The van der Waals surface area contributed by atoms with E-state index in [1.807, 2.05) is 36.4 Å². The number of anilines is 3. The maximum Gasteiger partial charge on any atom is 0.245 e. The molecule has 0 unspecified atom stereocenters. The molecule has 2 aromatic carbocycles. The molecular weight excluding hydrogens is 402 g/mol. The molecule has 32 heavy (non-hydrogen) atoms. The number of hydrogen-bond donors (Lipinski definition) is 2. The molecule has 3 aromatic rings. The second-order valence-corrected chi connectivity index (χ2v) is 7.70. The van der Waals surface area contributed by atoms with Crippen LogP contribution >= 0.6 is 0 Å². The van der Waals surface area contributed by atoms with Crippen LogP contribution in [0.5, 0.6) is 5.75 Å². The van der Waals surface area contributed by atoms with Gasteiger partial charge in [-0.25, -0.2) is 9.97 Å². The highest BCUT2D eigenvalue weighted by Crippen LogP contribution is 2.34. The number of methoxy groups -OCH3 is 1. The molecule has 162 valence electrons. The number of nitrogens with two attached hydrogens (primary N) is 1. The quantitative estimate of drug-likeness (QED) is 0.365. The van der Waals surface area contributed by atoms with E-state index in [9.17, 15) is 4.79 Å². The Morgan fingerprint density at radius 3 is 2.78 bits per heavy atom. The molecule has 0 atom stereocenters. The van der Waals surface area contributed by atoms with Crippen molar-refractivity contribution in [3.8, 4) is 18.1 Å². The molecule has 1 aliphatic rings. The van der Waals surface area contributed by atoms with Crippen LogP contribution in [0.2, 0.25) is 0 Å². The number of rotatable bonds is 5. The Labute approximate surface area is 187 Å². The van der Waals surface area contributed by atoms with E-state index in [2.05, 4.69) is 17.8 Å². The minimum atomic E-state index is -0.0427. The molecule has 0 saturated carbocycles. The molecule has 7 heteroatoms. The smallest absolute Gasteiger partial charge is 0.245 e. The van der Waals surface area contributed by atoms with Gasteiger partial charge in [0.2, 0.25) is 5.91 Å². The summed E-state index contributed by atoms with van der Waals surface area (Å²) in [5, 5.41) is 4.17. The van der Waals surface area contributed by atoms with Crippen LogP contribution in [0.1, 0.15) is 30.1 Å². The van der Waals surface area contributed by atoms with Crippen LogP contribution in [0.15, 0.2) is 49.1 Å². The Hall–Kier alpha value is -4.05. The summed E-state index contributed by atoms with van der Waals surface area (Å²) in [4.78, 5) is 23.4. The summed E-state index contributed by atoms with van der Waals surface area (Å²) in [6, 6.07) is 11.2. The number of nitrogens with zero attached hydrogens (tertiary/aromatic N) is 3. The number of piperidine rings is 1. The summed E-state index contributed by atoms with van der Waals surface area (Å²) >= 11 is 0. The fourth-order valence-corrected chi connectivity index (χ4v) is 3.96. The van der Waals surface area contributed by atoms with Crippen molar-refractivity contribution in [2.24, 2.45) is 0 Å². The second kappa shape index (κ2) is 8.98. The van der Waals surface area contributed by atoms with E-state index < -0.39 is 0 Å². The highest BCUT2D eigenvalue weighted by atomic mass is 16.5. The fraction of sp³-hybridized carbons (Fsp3) is 0.240. The standard InChI is InChI=1S/C25H25N5O2/c1-4-16-7-6-8-18(13-16)27-25-19-14-20(26)22(32-3)15-21(19)28-24(29-25)17-9-11-30(12-10-17)23(31)5-2/h1,5-8,13-15,17H,2,9-12,26H2,3H3,(H,27,28,29). The van der Waals surface area contributed by atoms with E-state index in [4.69, 9.17) is 26.9 Å². The van der Waals surface area contributed by atoms with Crippen LogP contribution in [0.3, 0.4) is 0 Å². The van der Waals surface area contributed by atoms with Crippen molar-refractivity contribution >= 4 is 34.0 Å². The monoisotopic (exact) mass is 427 g/mol. The molecular formula is C25H25N5O2. The molecule has 0 aliphatic carbocycles. The Morgan fingerprint density at radius 1 is 1.31 bits per heavy atom. The van der Waals surface area contributed by atoms with E-state index in [0.717, 1.165) is 40.8 Å². The van der Waals surface area contributed by atoms with Gasteiger partial charge in [0.05, 0.1) is 18.3 Å². The third-order valence-electron chi connectivity index (χ3n) is 5.70. The van der Waals surface area contributed by atoms with Crippen LogP contribution < -0.4 is 15.8 Å². The average molecular weight is 428 g/mol. The number of likely N-dealkylation sites (tertiary alicyclic amines) is 1. The van der Waals surface area contributed by atoms with Gasteiger partial charge in [0.15, 0.2) is 0 Å². The van der Waals surface area contributed by atoms with Gasteiger partial charge < -0.3 is 20.7 Å². The minimum absolute atomic E-state index is 0.0427. The number of aromatic nitrogens is 2. The summed E-state index contributed by atoms with van der Waals surface area (Å²) in [7, 11) is 1.58. The van der Waals surface area contributed by atoms with Crippen LogP contribution in [0.25, 0.3) is 10.9 Å². The van der Waals surface area contributed by atoms with Crippen LogP contribution in [-0.4, -0.2) is 41.0 Å². The van der Waals surface area contributed by atoms with Crippen molar-refractivity contribution in [3.63, 3.8) is 0 Å². The van der Waals surface area contributed by atoms with Crippen molar-refractivity contribution in [1.82, 2.24) is 14.9 Å². The van der Waals surface area contributed by atoms with Gasteiger partial charge in [0.25, 0.3) is 0 Å². The lowest BCUT2D eigenvalue weighted by Crippen LogP contribution is -2.37. The highest BCUT2D eigenvalue weighted by molar-refractivity contribution is 5.94. The third-order valence-corrected chi connectivity index (χ3v) is 5.70. The maximum absolute atomic E-state index is 11.9. The number of nitrogen functional groups attached to an aromatic ring is 1. The highest BCUT2D eigenvalue weighted by Gasteiger charge is 2.25. The molecule has 1 aromatic heterocycles. The number of terminal acetylenes is 1. The first kappa shape index (κ1) is 21.2. The van der Waals surface area contributed by atoms with Gasteiger partial charge >= 0.3 is 0 Å². The maximum atomic E-state index is 11.9. The molecule has 1 saturated heterocycles. The predicted octanol–water partition coefficient (Wildman–Crippen LogP) is 3.84. The van der Waals surface area contributed by atoms with Gasteiger partial charge in [-0.2, -0.15) is 0 Å². The van der Waals surface area contributed by atoms with E-state index >= 15 is 0 Å². The number of fused-ring (bicyclic) bond motifs is 1. The van der Waals surface area contributed by atoms with E-state index in [1.165, 1.54) is 6.08 Å². The first-order valence-corrected chi connectivity index (χ1v) is 10.4. The lowest BCUT2D eigenvalue weighted by atomic mass is 9.95. The normalized spacial score (nSPS) is 14.1. The molecule has 1 aliphatic heterocycles. The number of carbonyl (C=O) groups excluding carboxylic acids is 1. The van der Waals surface area contributed by atoms with Gasteiger partial charge in [-0.1, -0.05) is 18.6 Å². The van der Waals surface area contributed by atoms with Crippen molar-refractivity contribution in [2.75, 3.05) is 31.2 Å². The fourth-order valence-electron chi connectivity index (χ4n) is 3.96. The number of nitrogens with one attached hydrogen (secondary N) is 1. The Kier molecular flexibility index (Phi) is 5.95. The van der Waals surface area contributed by atoms with Crippen LogP contribution in [0, 0.1) is 12.3 Å². The van der Waals surface area contributed by atoms with E-state index in [1.54, 1.807) is 12.0 Å². The molecule has 2 heterocycles. The zero-order chi connectivity index (χ0) is 22.7. The van der Waals surface area contributed by atoms with Crippen molar-refractivity contribution in [2.45, 2.75) is 18.8 Å². The zero-order valence-corrected chi connectivity index (χ0v) is 18.0. The van der Waals surface area contributed by atoms with E-state index in [-0.39, 0.29) is 11.8 Å². The molecule has 1 amide bonds. The first-order valence-electron chi connectivity index (χ1n) is 10.4. The summed E-state index contributed by atoms with van der Waals surface area (Å²) in [5.41, 5.74) is 9.01. The largest absolute Gasteiger partial charge is 0.495 e. The van der Waals surface area contributed by atoms with Gasteiger partial charge in [0, 0.05) is 41.7 Å². The molecule has 7 nitrogen and oxygen atoms in total. The Bertz CT molecular complexity index is 1220. The summed E-state index contributed by atoms with van der Waals surface area (Å²) < 4.78 is 5.40. The SMILES string of the molecule is C#Cc1cccc(Nc2nc(C3CCN(C(=O)C=C)CC3)nc3cc(OC)c(N)cc23)c1. The van der Waals surface area contributed by atoms with Crippen molar-refractivity contribution in [1.29, 1.82) is 0 Å². The second-order valence-electron chi connectivity index (χ2n) is 7.70. The number of ether oxygens (including phenoxy) is 1. The average Bonchev–Trinajstić information content (AvgIpc) is 2.83. The number of hydrogen-bond acceptors (Lipinski definition) is 6. The number of amides is 1. The minimum Gasteiger partial charge on any atom is -0.495 e. The van der Waals surface area contributed by atoms with E-state index in [0.29, 0.717) is 30.3 Å². The molecule has 0 radical (unpaired) electrons. The summed E-state index contributed by atoms with van der Waals surface area (Å²) in [5.74, 6) is 4.68. The van der Waals surface area contributed by atoms with Crippen molar-refractivity contribution in [3.05, 3.63) is 60.4 Å². The number of benzene rings is 2. The van der Waals surface area contributed by atoms with Gasteiger partial charge in [-0.15, -0.1) is 6.42 Å². The topological polar surface area (TPSA) is 93.4 Å². The number of carbonyl (C=O) groups is 1. The first-order chi connectivity index (χ1) is 15.5. The summed E-state index contributed by atoms with van der Waals surface area (Å²) in [6.07, 6.45) is 8.47. The molecule has 4 rings (SSSR count). The van der Waals surface area contributed by atoms with Gasteiger partial charge in [-0.3, -0.25) is 4.79 Å². The Balaban J connectivity index is 1.74. The van der Waals surface area contributed by atoms with Crippen molar-refractivity contribution < 1.29 is 9.53 Å². The molecule has 3 N–H and O–H groups in total. The third kappa shape index (κ3) is 4.21. The summed E-state index contributed by atoms with van der Waals surface area (Å²) in [6.45, 7) is 4.87. The molecule has 0 spiro atoms. The van der Waals surface area contributed by atoms with Gasteiger partial charge in [-0.05, 0) is 43.2 Å². The molecule has 0 bridgehead atoms. The van der Waals surface area contributed by atoms with Crippen LogP contribution in [-0.2, 0) is 4.79 Å². The predicted molar refractivity (Wildman–Crippen MR) is 127 cm³/mol.